The number of hydrogen-bond acceptors (Lipinski definition) is 0. The van der Waals surface area contributed by atoms with Gasteiger partial charge in [0.25, 0.3) is 0 Å². The molecule has 1 unspecified atom stereocenters. The summed E-state index contributed by atoms with van der Waals surface area (Å²) in [5.74, 6) is 0.446. The van der Waals surface area contributed by atoms with E-state index >= 15 is 0 Å². The quantitative estimate of drug-likeness (QED) is 0.0515. The first-order chi connectivity index (χ1) is 20.0. The van der Waals surface area contributed by atoms with Gasteiger partial charge in [0, 0.05) is 0 Å². The van der Waals surface area contributed by atoms with Gasteiger partial charge in [-0.1, -0.05) is 185 Å². The molecule has 0 amide bonds. The third-order valence-electron chi connectivity index (χ3n) is 8.41. The zero-order chi connectivity index (χ0) is 32.2. The maximum atomic E-state index is 4.39. The summed E-state index contributed by atoms with van der Waals surface area (Å²) in [4.78, 5) is 0. The molecule has 0 radical (unpaired) electrons. The molecule has 0 nitrogen and oxygen atoms in total. The van der Waals surface area contributed by atoms with Gasteiger partial charge in [0.05, 0.1) is 0 Å². The molecule has 0 aliphatic heterocycles. The van der Waals surface area contributed by atoms with Crippen LogP contribution in [0.15, 0.2) is 71.9 Å². The lowest BCUT2D eigenvalue weighted by Gasteiger charge is -2.23. The molecule has 0 aliphatic carbocycles. The fourth-order valence-electron chi connectivity index (χ4n) is 5.72. The number of unbranched alkanes of at least 4 members (excludes halogenated alkanes) is 16. The fraction of sp³-hybridized carbons (Fsp3) is 0.714. The lowest BCUT2D eigenvalue weighted by atomic mass is 9.82. The van der Waals surface area contributed by atoms with E-state index in [2.05, 4.69) is 81.4 Å². The molecule has 1 atom stereocenters. The van der Waals surface area contributed by atoms with Crippen LogP contribution in [0.3, 0.4) is 0 Å². The summed E-state index contributed by atoms with van der Waals surface area (Å²) in [6.07, 6.45) is 30.1. The van der Waals surface area contributed by atoms with Gasteiger partial charge >= 0.3 is 0 Å². The van der Waals surface area contributed by atoms with E-state index < -0.39 is 0 Å². The summed E-state index contributed by atoms with van der Waals surface area (Å²) in [7, 11) is 0. The molecule has 244 valence electrons. The zero-order valence-electron chi connectivity index (χ0n) is 30.2. The highest BCUT2D eigenvalue weighted by Gasteiger charge is 2.17. The Morgan fingerprint density at radius 1 is 0.476 bits per heavy atom. The Morgan fingerprint density at radius 2 is 0.857 bits per heavy atom. The molecule has 0 aromatic heterocycles. The summed E-state index contributed by atoms with van der Waals surface area (Å²) in [6, 6.07) is 0. The van der Waals surface area contributed by atoms with Crippen molar-refractivity contribution in [1.29, 1.82) is 0 Å². The van der Waals surface area contributed by atoms with Crippen LogP contribution in [0.1, 0.15) is 190 Å². The first-order valence-corrected chi connectivity index (χ1v) is 18.1. The molecule has 0 spiro atoms. The molecule has 0 aromatic carbocycles. The smallest absolute Gasteiger partial charge is 0.0165 e. The molecule has 0 rings (SSSR count). The van der Waals surface area contributed by atoms with Gasteiger partial charge in [-0.15, -0.1) is 6.58 Å². The first kappa shape index (κ1) is 42.6. The van der Waals surface area contributed by atoms with Crippen molar-refractivity contribution in [2.45, 2.75) is 190 Å². The van der Waals surface area contributed by atoms with Gasteiger partial charge < -0.3 is 0 Å². The maximum absolute atomic E-state index is 4.39. The highest BCUT2D eigenvalue weighted by atomic mass is 14.2. The van der Waals surface area contributed by atoms with Gasteiger partial charge in [-0.25, -0.2) is 0 Å². The molecule has 0 aromatic rings. The second-order valence-corrected chi connectivity index (χ2v) is 13.3. The van der Waals surface area contributed by atoms with Crippen molar-refractivity contribution < 1.29 is 0 Å². The molecule has 0 fully saturated rings. The van der Waals surface area contributed by atoms with Gasteiger partial charge in [-0.2, -0.15) is 0 Å². The van der Waals surface area contributed by atoms with Crippen molar-refractivity contribution in [2.24, 2.45) is 5.92 Å². The minimum atomic E-state index is 0.446. The highest BCUT2D eigenvalue weighted by molar-refractivity contribution is 5.52. The van der Waals surface area contributed by atoms with Gasteiger partial charge in [-0.05, 0) is 76.0 Å². The van der Waals surface area contributed by atoms with Gasteiger partial charge in [0.15, 0.2) is 0 Å². The van der Waals surface area contributed by atoms with Gasteiger partial charge in [0.2, 0.25) is 0 Å². The molecule has 0 saturated heterocycles. The van der Waals surface area contributed by atoms with Gasteiger partial charge in [-0.3, -0.25) is 0 Å². The van der Waals surface area contributed by atoms with Crippen LogP contribution in [0, 0.1) is 5.92 Å². The molecule has 42 heavy (non-hydrogen) atoms. The monoisotopic (exact) mass is 581 g/mol. The van der Waals surface area contributed by atoms with Crippen molar-refractivity contribution >= 4 is 0 Å². The molecule has 0 bridgehead atoms. The van der Waals surface area contributed by atoms with E-state index in [4.69, 9.17) is 0 Å². The van der Waals surface area contributed by atoms with Crippen molar-refractivity contribution in [3.63, 3.8) is 0 Å². The molecule has 0 N–H and O–H groups in total. The Kier molecular flexibility index (Phi) is 29.9. The highest BCUT2D eigenvalue weighted by Crippen LogP contribution is 2.34. The van der Waals surface area contributed by atoms with Crippen LogP contribution < -0.4 is 0 Å². The van der Waals surface area contributed by atoms with Crippen LogP contribution in [-0.4, -0.2) is 0 Å². The summed E-state index contributed by atoms with van der Waals surface area (Å²) in [6.45, 7) is 36.1. The van der Waals surface area contributed by atoms with Crippen molar-refractivity contribution in [3.8, 4) is 0 Å². The van der Waals surface area contributed by atoms with E-state index in [-0.39, 0.29) is 0 Å². The topological polar surface area (TPSA) is 0 Å². The SMILES string of the molecule is C=C(C)CCC(CC(=C)/C(C(=C)C)=C(/CCC)C(=C)C)C(=C)C.CCCCCCCCCCCCCCCCCCC. The van der Waals surface area contributed by atoms with Crippen molar-refractivity contribution in [1.82, 2.24) is 0 Å². The van der Waals surface area contributed by atoms with E-state index in [0.717, 1.165) is 43.3 Å². The lowest BCUT2D eigenvalue weighted by molar-refractivity contribution is 0.529. The van der Waals surface area contributed by atoms with E-state index in [9.17, 15) is 0 Å². The Labute approximate surface area is 267 Å². The standard InChI is InChI=1S/C23H36.C19H40/c1-11-12-22(18(6)7)23(19(8)9)20(10)15-21(17(4)5)14-13-16(2)3;1-3-5-7-9-11-13-15-17-19-18-16-14-12-10-8-6-4-2/h21H,2,4,6,8,10-15H2,1,3,5,7,9H3;3-19H2,1-2H3/b23-22-;. The number of rotatable bonds is 27. The molecular formula is C42H76. The predicted octanol–water partition coefficient (Wildman–Crippen LogP) is 15.4. The molecule has 0 heterocycles. The fourth-order valence-corrected chi connectivity index (χ4v) is 5.72. The van der Waals surface area contributed by atoms with Crippen LogP contribution in [0.2, 0.25) is 0 Å². The lowest BCUT2D eigenvalue weighted by Crippen LogP contribution is -2.07. The Bertz CT molecular complexity index is 754. The Morgan fingerprint density at radius 3 is 1.12 bits per heavy atom. The number of hydrogen-bond donors (Lipinski definition) is 0. The molecule has 0 saturated carbocycles. The van der Waals surface area contributed by atoms with Crippen molar-refractivity contribution in [2.75, 3.05) is 0 Å². The summed E-state index contributed by atoms with van der Waals surface area (Å²) in [5.41, 5.74) is 8.36. The minimum absolute atomic E-state index is 0.446. The molecular weight excluding hydrogens is 504 g/mol. The average molecular weight is 581 g/mol. The second kappa shape index (κ2) is 29.5. The Hall–Kier alpha value is -1.56. The van der Waals surface area contributed by atoms with E-state index in [1.807, 2.05) is 0 Å². The van der Waals surface area contributed by atoms with E-state index in [0.29, 0.717) is 5.92 Å². The maximum Gasteiger partial charge on any atom is -0.0165 e. The second-order valence-electron chi connectivity index (χ2n) is 13.3. The Balaban J connectivity index is 0. The predicted molar refractivity (Wildman–Crippen MR) is 198 cm³/mol. The van der Waals surface area contributed by atoms with Gasteiger partial charge in [0.1, 0.15) is 0 Å². The summed E-state index contributed by atoms with van der Waals surface area (Å²) < 4.78 is 0. The third-order valence-corrected chi connectivity index (χ3v) is 8.41. The van der Waals surface area contributed by atoms with Crippen LogP contribution in [0.4, 0.5) is 0 Å². The first-order valence-electron chi connectivity index (χ1n) is 18.1. The zero-order valence-corrected chi connectivity index (χ0v) is 30.2. The minimum Gasteiger partial charge on any atom is -0.100 e. The largest absolute Gasteiger partial charge is 0.100 e. The van der Waals surface area contributed by atoms with Crippen LogP contribution >= 0.6 is 0 Å². The van der Waals surface area contributed by atoms with Crippen LogP contribution in [0.25, 0.3) is 0 Å². The molecule has 0 aliphatic rings. The van der Waals surface area contributed by atoms with Crippen LogP contribution in [0.5, 0.6) is 0 Å². The average Bonchev–Trinajstić information content (AvgIpc) is 2.92. The number of allylic oxidation sites excluding steroid dienone is 7. The molecule has 0 heteroatoms. The van der Waals surface area contributed by atoms with Crippen LogP contribution in [-0.2, 0) is 0 Å². The summed E-state index contributed by atoms with van der Waals surface area (Å²) >= 11 is 0. The summed E-state index contributed by atoms with van der Waals surface area (Å²) in [5, 5.41) is 0. The van der Waals surface area contributed by atoms with E-state index in [1.165, 1.54) is 137 Å². The van der Waals surface area contributed by atoms with E-state index in [1.54, 1.807) is 0 Å². The normalized spacial score (nSPS) is 12.2. The van der Waals surface area contributed by atoms with Crippen molar-refractivity contribution in [3.05, 3.63) is 71.9 Å². The third kappa shape index (κ3) is 25.0.